The Morgan fingerprint density at radius 2 is 1.84 bits per heavy atom. The molecule has 1 unspecified atom stereocenters. The van der Waals surface area contributed by atoms with Gasteiger partial charge in [0.15, 0.2) is 11.6 Å². The average molecular weight is 266 g/mol. The molecule has 0 aliphatic rings. The van der Waals surface area contributed by atoms with Crippen molar-refractivity contribution in [2.75, 3.05) is 0 Å². The zero-order valence-corrected chi connectivity index (χ0v) is 10.3. The maximum Gasteiger partial charge on any atom is 0.162 e. The molecule has 4 heteroatoms. The van der Waals surface area contributed by atoms with E-state index in [4.69, 9.17) is 0 Å². The zero-order valence-electron chi connectivity index (χ0n) is 10.3. The Bertz CT molecular complexity index is 596. The first-order valence-corrected chi connectivity index (χ1v) is 5.86. The van der Waals surface area contributed by atoms with Gasteiger partial charge in [-0.25, -0.2) is 13.2 Å². The van der Waals surface area contributed by atoms with Gasteiger partial charge in [0.1, 0.15) is 5.82 Å². The van der Waals surface area contributed by atoms with Crippen LogP contribution in [0.15, 0.2) is 36.4 Å². The van der Waals surface area contributed by atoms with Gasteiger partial charge in [0.05, 0.1) is 6.10 Å². The Balaban J connectivity index is 2.28. The highest BCUT2D eigenvalue weighted by molar-refractivity contribution is 5.30. The molecule has 0 aliphatic heterocycles. The minimum absolute atomic E-state index is 0.0659. The van der Waals surface area contributed by atoms with Crippen molar-refractivity contribution >= 4 is 0 Å². The van der Waals surface area contributed by atoms with Crippen LogP contribution in [0.25, 0.3) is 0 Å². The summed E-state index contributed by atoms with van der Waals surface area (Å²) in [5, 5.41) is 10.0. The molecule has 0 heterocycles. The fourth-order valence-corrected chi connectivity index (χ4v) is 1.99. The van der Waals surface area contributed by atoms with Gasteiger partial charge >= 0.3 is 0 Å². The fourth-order valence-electron chi connectivity index (χ4n) is 1.99. The van der Waals surface area contributed by atoms with Crippen LogP contribution in [0.5, 0.6) is 0 Å². The van der Waals surface area contributed by atoms with Crippen molar-refractivity contribution in [2.24, 2.45) is 0 Å². The van der Waals surface area contributed by atoms with Crippen LogP contribution in [0.4, 0.5) is 13.2 Å². The Morgan fingerprint density at radius 1 is 1.11 bits per heavy atom. The molecule has 0 fully saturated rings. The summed E-state index contributed by atoms with van der Waals surface area (Å²) in [5.41, 5.74) is 1.14. The maximum atomic E-state index is 13.5. The summed E-state index contributed by atoms with van der Waals surface area (Å²) in [6, 6.07) is 7.81. The predicted molar refractivity (Wildman–Crippen MR) is 66.2 cm³/mol. The van der Waals surface area contributed by atoms with Crippen LogP contribution >= 0.6 is 0 Å². The first kappa shape index (κ1) is 13.6. The maximum absolute atomic E-state index is 13.5. The van der Waals surface area contributed by atoms with Crippen LogP contribution in [0.3, 0.4) is 0 Å². The molecule has 0 amide bonds. The Labute approximate surface area is 109 Å². The number of aryl methyl sites for hydroxylation is 1. The van der Waals surface area contributed by atoms with Crippen molar-refractivity contribution in [3.8, 4) is 0 Å². The van der Waals surface area contributed by atoms with Crippen LogP contribution in [0.1, 0.15) is 22.8 Å². The molecule has 2 aromatic carbocycles. The Kier molecular flexibility index (Phi) is 3.90. The molecule has 1 atom stereocenters. The first-order chi connectivity index (χ1) is 8.99. The molecular formula is C15H13F3O. The summed E-state index contributed by atoms with van der Waals surface area (Å²) in [5.74, 6) is -2.41. The quantitative estimate of drug-likeness (QED) is 0.898. The number of halogens is 3. The van der Waals surface area contributed by atoms with Gasteiger partial charge in [0.25, 0.3) is 0 Å². The molecule has 2 aromatic rings. The smallest absolute Gasteiger partial charge is 0.162 e. The fraction of sp³-hybridized carbons (Fsp3) is 0.200. The average Bonchev–Trinajstić information content (AvgIpc) is 2.38. The highest BCUT2D eigenvalue weighted by atomic mass is 19.2. The molecule has 1 nitrogen and oxygen atoms in total. The lowest BCUT2D eigenvalue weighted by Gasteiger charge is -2.14. The number of benzene rings is 2. The van der Waals surface area contributed by atoms with E-state index in [1.165, 1.54) is 30.3 Å². The normalized spacial score (nSPS) is 12.5. The van der Waals surface area contributed by atoms with E-state index in [1.807, 2.05) is 0 Å². The second-order valence-corrected chi connectivity index (χ2v) is 4.43. The molecule has 0 radical (unpaired) electrons. The molecule has 0 saturated carbocycles. The molecule has 0 spiro atoms. The van der Waals surface area contributed by atoms with Crippen LogP contribution in [-0.4, -0.2) is 5.11 Å². The van der Waals surface area contributed by atoms with Gasteiger partial charge in [-0.1, -0.05) is 18.2 Å². The Hall–Kier alpha value is -1.81. The number of hydrogen-bond donors (Lipinski definition) is 1. The largest absolute Gasteiger partial charge is 0.388 e. The number of aliphatic hydroxyl groups is 1. The molecular weight excluding hydrogens is 253 g/mol. The highest BCUT2D eigenvalue weighted by Crippen LogP contribution is 2.24. The van der Waals surface area contributed by atoms with Gasteiger partial charge in [-0.3, -0.25) is 0 Å². The number of hydrogen-bond acceptors (Lipinski definition) is 1. The lowest BCUT2D eigenvalue weighted by molar-refractivity contribution is 0.175. The van der Waals surface area contributed by atoms with Gasteiger partial charge in [0.2, 0.25) is 0 Å². The van der Waals surface area contributed by atoms with Gasteiger partial charge in [-0.15, -0.1) is 0 Å². The Morgan fingerprint density at radius 3 is 2.58 bits per heavy atom. The standard InChI is InChI=1S/C15H13F3O/c1-9-5-6-11(16)8-12(9)14(19)7-10-3-2-4-13(17)15(10)18/h2-6,8,14,19H,7H2,1H3. The second kappa shape index (κ2) is 5.45. The molecule has 0 aliphatic carbocycles. The van der Waals surface area contributed by atoms with Gasteiger partial charge in [0, 0.05) is 6.42 Å². The van der Waals surface area contributed by atoms with Crippen molar-refractivity contribution in [3.05, 3.63) is 70.5 Å². The minimum Gasteiger partial charge on any atom is -0.388 e. The summed E-state index contributed by atoms with van der Waals surface area (Å²) in [4.78, 5) is 0. The molecule has 0 saturated heterocycles. The summed E-state index contributed by atoms with van der Waals surface area (Å²) >= 11 is 0. The SMILES string of the molecule is Cc1ccc(F)cc1C(O)Cc1cccc(F)c1F. The monoisotopic (exact) mass is 266 g/mol. The lowest BCUT2D eigenvalue weighted by atomic mass is 9.97. The summed E-state index contributed by atoms with van der Waals surface area (Å²) < 4.78 is 39.7. The van der Waals surface area contributed by atoms with Crippen molar-refractivity contribution in [3.63, 3.8) is 0 Å². The van der Waals surface area contributed by atoms with E-state index >= 15 is 0 Å². The molecule has 0 aromatic heterocycles. The van der Waals surface area contributed by atoms with E-state index in [2.05, 4.69) is 0 Å². The van der Waals surface area contributed by atoms with Crippen molar-refractivity contribution in [2.45, 2.75) is 19.4 Å². The van der Waals surface area contributed by atoms with Crippen LogP contribution in [0, 0.1) is 24.4 Å². The predicted octanol–water partition coefficient (Wildman–Crippen LogP) is 3.69. The van der Waals surface area contributed by atoms with Crippen LogP contribution in [-0.2, 0) is 6.42 Å². The van der Waals surface area contributed by atoms with Crippen LogP contribution < -0.4 is 0 Å². The topological polar surface area (TPSA) is 20.2 Å². The first-order valence-electron chi connectivity index (χ1n) is 5.86. The van der Waals surface area contributed by atoms with Gasteiger partial charge < -0.3 is 5.11 Å². The van der Waals surface area contributed by atoms with E-state index in [-0.39, 0.29) is 12.0 Å². The third kappa shape index (κ3) is 2.96. The van der Waals surface area contributed by atoms with Gasteiger partial charge in [-0.2, -0.15) is 0 Å². The summed E-state index contributed by atoms with van der Waals surface area (Å²) in [7, 11) is 0. The highest BCUT2D eigenvalue weighted by Gasteiger charge is 2.16. The molecule has 1 N–H and O–H groups in total. The summed E-state index contributed by atoms with van der Waals surface area (Å²) in [6.45, 7) is 1.72. The van der Waals surface area contributed by atoms with Crippen molar-refractivity contribution in [1.82, 2.24) is 0 Å². The van der Waals surface area contributed by atoms with E-state index in [0.717, 1.165) is 6.07 Å². The zero-order chi connectivity index (χ0) is 14.0. The third-order valence-corrected chi connectivity index (χ3v) is 3.05. The molecule has 100 valence electrons. The number of aliphatic hydroxyl groups excluding tert-OH is 1. The second-order valence-electron chi connectivity index (χ2n) is 4.43. The van der Waals surface area contributed by atoms with Crippen molar-refractivity contribution in [1.29, 1.82) is 0 Å². The third-order valence-electron chi connectivity index (χ3n) is 3.05. The van der Waals surface area contributed by atoms with Gasteiger partial charge in [-0.05, 0) is 41.8 Å². The summed E-state index contributed by atoms with van der Waals surface area (Å²) in [6.07, 6.45) is -1.18. The number of rotatable bonds is 3. The van der Waals surface area contributed by atoms with E-state index in [9.17, 15) is 18.3 Å². The molecule has 19 heavy (non-hydrogen) atoms. The van der Waals surface area contributed by atoms with Crippen molar-refractivity contribution < 1.29 is 18.3 Å². The lowest BCUT2D eigenvalue weighted by Crippen LogP contribution is -2.06. The van der Waals surface area contributed by atoms with E-state index in [1.54, 1.807) is 6.92 Å². The van der Waals surface area contributed by atoms with Crippen LogP contribution in [0.2, 0.25) is 0 Å². The molecule has 0 bridgehead atoms. The van der Waals surface area contributed by atoms with E-state index < -0.39 is 23.6 Å². The minimum atomic E-state index is -1.08. The van der Waals surface area contributed by atoms with E-state index in [0.29, 0.717) is 11.1 Å². The molecule has 2 rings (SSSR count).